The summed E-state index contributed by atoms with van der Waals surface area (Å²) in [5.41, 5.74) is 8.16. The third kappa shape index (κ3) is 2.53. The molecule has 2 aromatic rings. The first-order valence-electron chi connectivity index (χ1n) is 5.34. The van der Waals surface area contributed by atoms with Crippen molar-refractivity contribution in [2.24, 2.45) is 7.05 Å². The van der Waals surface area contributed by atoms with Crippen LogP contribution in [0.1, 0.15) is 16.1 Å². The van der Waals surface area contributed by atoms with Gasteiger partial charge < -0.3 is 11.1 Å². The van der Waals surface area contributed by atoms with Crippen LogP contribution in [0.15, 0.2) is 28.9 Å². The predicted octanol–water partition coefficient (Wildman–Crippen LogP) is 2.33. The van der Waals surface area contributed by atoms with Crippen LogP contribution in [-0.2, 0) is 7.05 Å². The smallest absolute Gasteiger partial charge is 0.259 e. The van der Waals surface area contributed by atoms with Crippen molar-refractivity contribution in [3.63, 3.8) is 0 Å². The molecule has 0 saturated heterocycles. The maximum absolute atomic E-state index is 12.1. The minimum Gasteiger partial charge on any atom is -0.397 e. The molecule has 1 aromatic heterocycles. The Morgan fingerprint density at radius 3 is 2.78 bits per heavy atom. The zero-order valence-electron chi connectivity index (χ0n) is 10.1. The van der Waals surface area contributed by atoms with Crippen LogP contribution in [0.3, 0.4) is 0 Å². The lowest BCUT2D eigenvalue weighted by Crippen LogP contribution is -2.13. The standard InChI is InChI=1S/C12H13BrN4O/c1-7-9(6-17(2)16-7)12(18)15-11-4-3-8(13)5-10(11)14/h3-6H,14H2,1-2H3,(H,15,18). The van der Waals surface area contributed by atoms with Gasteiger partial charge in [-0.1, -0.05) is 15.9 Å². The average Bonchev–Trinajstić information content (AvgIpc) is 2.62. The Kier molecular flexibility index (Phi) is 3.38. The number of rotatable bonds is 2. The first kappa shape index (κ1) is 12.6. The number of hydrogen-bond donors (Lipinski definition) is 2. The lowest BCUT2D eigenvalue weighted by atomic mass is 10.2. The number of carbonyl (C=O) groups is 1. The van der Waals surface area contributed by atoms with Gasteiger partial charge in [-0.15, -0.1) is 0 Å². The van der Waals surface area contributed by atoms with Crippen molar-refractivity contribution in [3.8, 4) is 0 Å². The van der Waals surface area contributed by atoms with Gasteiger partial charge >= 0.3 is 0 Å². The summed E-state index contributed by atoms with van der Waals surface area (Å²) in [6.45, 7) is 1.79. The number of aryl methyl sites for hydroxylation is 2. The molecule has 0 bridgehead atoms. The van der Waals surface area contributed by atoms with Crippen LogP contribution in [0.25, 0.3) is 0 Å². The van der Waals surface area contributed by atoms with Crippen molar-refractivity contribution < 1.29 is 4.79 Å². The highest BCUT2D eigenvalue weighted by Crippen LogP contribution is 2.23. The van der Waals surface area contributed by atoms with E-state index in [0.717, 1.165) is 4.47 Å². The number of benzene rings is 1. The summed E-state index contributed by atoms with van der Waals surface area (Å²) in [5.74, 6) is -0.213. The number of anilines is 2. The van der Waals surface area contributed by atoms with Gasteiger partial charge in [0.2, 0.25) is 0 Å². The molecule has 1 aromatic carbocycles. The zero-order chi connectivity index (χ0) is 13.3. The Morgan fingerprint density at radius 2 is 2.22 bits per heavy atom. The van der Waals surface area contributed by atoms with E-state index in [2.05, 4.69) is 26.3 Å². The molecule has 6 heteroatoms. The highest BCUT2D eigenvalue weighted by atomic mass is 79.9. The lowest BCUT2D eigenvalue weighted by molar-refractivity contribution is 0.102. The number of halogens is 1. The minimum absolute atomic E-state index is 0.213. The fourth-order valence-corrected chi connectivity index (χ4v) is 2.04. The Bertz CT molecular complexity index is 606. The van der Waals surface area contributed by atoms with Gasteiger partial charge in [-0.05, 0) is 25.1 Å². The third-order valence-electron chi connectivity index (χ3n) is 2.52. The van der Waals surface area contributed by atoms with Crippen molar-refractivity contribution in [3.05, 3.63) is 40.1 Å². The van der Waals surface area contributed by atoms with Gasteiger partial charge in [-0.25, -0.2) is 0 Å². The number of nitrogens with one attached hydrogen (secondary N) is 1. The topological polar surface area (TPSA) is 72.9 Å². The molecule has 0 aliphatic rings. The Morgan fingerprint density at radius 1 is 1.50 bits per heavy atom. The maximum Gasteiger partial charge on any atom is 0.259 e. The molecule has 0 atom stereocenters. The van der Waals surface area contributed by atoms with E-state index in [1.165, 1.54) is 0 Å². The molecule has 0 aliphatic heterocycles. The van der Waals surface area contributed by atoms with Crippen LogP contribution in [0.5, 0.6) is 0 Å². The molecule has 0 fully saturated rings. The van der Waals surface area contributed by atoms with Crippen LogP contribution < -0.4 is 11.1 Å². The largest absolute Gasteiger partial charge is 0.397 e. The first-order chi connectivity index (χ1) is 8.47. The Hall–Kier alpha value is -1.82. The van der Waals surface area contributed by atoms with Crippen molar-refractivity contribution >= 4 is 33.2 Å². The molecule has 0 spiro atoms. The van der Waals surface area contributed by atoms with Gasteiger partial charge in [0.05, 0.1) is 22.6 Å². The predicted molar refractivity (Wildman–Crippen MR) is 74.5 cm³/mol. The first-order valence-corrected chi connectivity index (χ1v) is 6.13. The van der Waals surface area contributed by atoms with E-state index in [1.807, 2.05) is 6.07 Å². The summed E-state index contributed by atoms with van der Waals surface area (Å²) in [6, 6.07) is 5.32. The summed E-state index contributed by atoms with van der Waals surface area (Å²) in [6.07, 6.45) is 1.68. The second-order valence-corrected chi connectivity index (χ2v) is 4.90. The fourth-order valence-electron chi connectivity index (χ4n) is 1.66. The number of aromatic nitrogens is 2. The van der Waals surface area contributed by atoms with E-state index in [9.17, 15) is 4.79 Å². The second-order valence-electron chi connectivity index (χ2n) is 3.99. The quantitative estimate of drug-likeness (QED) is 0.836. The summed E-state index contributed by atoms with van der Waals surface area (Å²) in [4.78, 5) is 12.1. The number of nitrogens with zero attached hydrogens (tertiary/aromatic N) is 2. The summed E-state index contributed by atoms with van der Waals surface area (Å²) >= 11 is 3.32. The Labute approximate surface area is 113 Å². The molecule has 2 rings (SSSR count). The zero-order valence-corrected chi connectivity index (χ0v) is 11.7. The van der Waals surface area contributed by atoms with E-state index in [4.69, 9.17) is 5.73 Å². The van der Waals surface area contributed by atoms with Crippen molar-refractivity contribution in [1.29, 1.82) is 0 Å². The van der Waals surface area contributed by atoms with Gasteiger partial charge in [0, 0.05) is 17.7 Å². The van der Waals surface area contributed by atoms with E-state index < -0.39 is 0 Å². The van der Waals surface area contributed by atoms with E-state index in [-0.39, 0.29) is 5.91 Å². The number of nitrogen functional groups attached to an aromatic ring is 1. The second kappa shape index (κ2) is 4.81. The molecule has 1 heterocycles. The molecule has 18 heavy (non-hydrogen) atoms. The average molecular weight is 309 g/mol. The highest BCUT2D eigenvalue weighted by Gasteiger charge is 2.13. The molecule has 0 aliphatic carbocycles. The van der Waals surface area contributed by atoms with E-state index >= 15 is 0 Å². The van der Waals surface area contributed by atoms with Gasteiger partial charge in [0.25, 0.3) is 5.91 Å². The highest BCUT2D eigenvalue weighted by molar-refractivity contribution is 9.10. The maximum atomic E-state index is 12.1. The molecule has 94 valence electrons. The van der Waals surface area contributed by atoms with Crippen molar-refractivity contribution in [2.75, 3.05) is 11.1 Å². The SMILES string of the molecule is Cc1nn(C)cc1C(=O)Nc1ccc(Br)cc1N. The van der Waals surface area contributed by atoms with Crippen molar-refractivity contribution in [2.45, 2.75) is 6.92 Å². The third-order valence-corrected chi connectivity index (χ3v) is 3.01. The number of carbonyl (C=O) groups excluding carboxylic acids is 1. The molecular formula is C12H13BrN4O. The van der Waals surface area contributed by atoms with Gasteiger partial charge in [0.15, 0.2) is 0 Å². The molecule has 0 unspecified atom stereocenters. The van der Waals surface area contributed by atoms with Crippen molar-refractivity contribution in [1.82, 2.24) is 9.78 Å². The molecule has 0 saturated carbocycles. The van der Waals surface area contributed by atoms with Gasteiger partial charge in [-0.2, -0.15) is 5.10 Å². The molecule has 1 amide bonds. The minimum atomic E-state index is -0.213. The van der Waals surface area contributed by atoms with Gasteiger partial charge in [0.1, 0.15) is 0 Å². The summed E-state index contributed by atoms with van der Waals surface area (Å²) in [5, 5.41) is 6.90. The van der Waals surface area contributed by atoms with Crippen LogP contribution in [0.2, 0.25) is 0 Å². The van der Waals surface area contributed by atoms with E-state index in [1.54, 1.807) is 37.0 Å². The Balaban J connectivity index is 2.24. The van der Waals surface area contributed by atoms with Gasteiger partial charge in [-0.3, -0.25) is 9.48 Å². The molecule has 3 N–H and O–H groups in total. The number of hydrogen-bond acceptors (Lipinski definition) is 3. The van der Waals surface area contributed by atoms with Crippen LogP contribution >= 0.6 is 15.9 Å². The van der Waals surface area contributed by atoms with Crippen LogP contribution in [0.4, 0.5) is 11.4 Å². The van der Waals surface area contributed by atoms with Crippen LogP contribution in [-0.4, -0.2) is 15.7 Å². The number of nitrogens with two attached hydrogens (primary N) is 1. The summed E-state index contributed by atoms with van der Waals surface area (Å²) in [7, 11) is 1.78. The summed E-state index contributed by atoms with van der Waals surface area (Å²) < 4.78 is 2.48. The molecule has 0 radical (unpaired) electrons. The fraction of sp³-hybridized carbons (Fsp3) is 0.167. The number of amides is 1. The van der Waals surface area contributed by atoms with Crippen LogP contribution in [0, 0.1) is 6.92 Å². The molecular weight excluding hydrogens is 296 g/mol. The van der Waals surface area contributed by atoms with E-state index in [0.29, 0.717) is 22.6 Å². The lowest BCUT2D eigenvalue weighted by Gasteiger charge is -2.07. The monoisotopic (exact) mass is 308 g/mol. The normalized spacial score (nSPS) is 10.4. The molecule has 5 nitrogen and oxygen atoms in total.